The number of anilines is 1. The summed E-state index contributed by atoms with van der Waals surface area (Å²) in [5.41, 5.74) is 1.42. The third-order valence-electron chi connectivity index (χ3n) is 3.93. The molecule has 1 atom stereocenters. The van der Waals surface area contributed by atoms with E-state index in [0.717, 1.165) is 5.56 Å². The molecule has 2 aromatic carbocycles. The molecule has 1 heterocycles. The summed E-state index contributed by atoms with van der Waals surface area (Å²) in [6, 6.07) is 12.1. The molecule has 3 rings (SSSR count). The molecule has 7 heteroatoms. The summed E-state index contributed by atoms with van der Waals surface area (Å²) in [5, 5.41) is 3.75. The smallest absolute Gasteiger partial charge is 0.265 e. The molecule has 130 valence electrons. The summed E-state index contributed by atoms with van der Waals surface area (Å²) in [6.07, 6.45) is 0. The molecule has 0 bridgehead atoms. The van der Waals surface area contributed by atoms with Crippen LogP contribution < -0.4 is 15.0 Å². The molecule has 0 aromatic heterocycles. The molecule has 0 radical (unpaired) electrons. The number of hydrogen-bond acceptors (Lipinski definition) is 3. The second-order valence-electron chi connectivity index (χ2n) is 5.70. The Morgan fingerprint density at radius 3 is 2.76 bits per heavy atom. The zero-order valence-corrected chi connectivity index (χ0v) is 15.0. The topological polar surface area (TPSA) is 58.6 Å². The van der Waals surface area contributed by atoms with E-state index in [4.69, 9.17) is 27.9 Å². The van der Waals surface area contributed by atoms with Crippen molar-refractivity contribution in [1.29, 1.82) is 0 Å². The van der Waals surface area contributed by atoms with E-state index in [9.17, 15) is 9.59 Å². The van der Waals surface area contributed by atoms with Gasteiger partial charge in [0.1, 0.15) is 12.3 Å². The van der Waals surface area contributed by atoms with E-state index in [-0.39, 0.29) is 31.0 Å². The standard InChI is InChI=1S/C18H16Cl2N2O3/c1-11(12-6-7-13(19)14(20)8-12)21-17(23)9-22-15-4-2-3-5-16(15)25-10-18(22)24/h2-8,11H,9-10H2,1H3,(H,21,23)/t11-/m1/s1. The molecule has 1 aliphatic heterocycles. The third kappa shape index (κ3) is 3.89. The Morgan fingerprint density at radius 2 is 2.00 bits per heavy atom. The lowest BCUT2D eigenvalue weighted by atomic mass is 10.1. The van der Waals surface area contributed by atoms with Gasteiger partial charge in [0.2, 0.25) is 5.91 Å². The highest BCUT2D eigenvalue weighted by molar-refractivity contribution is 6.42. The van der Waals surface area contributed by atoms with Crippen LogP contribution in [0.3, 0.4) is 0 Å². The van der Waals surface area contributed by atoms with E-state index in [1.54, 1.807) is 36.4 Å². The predicted molar refractivity (Wildman–Crippen MR) is 97.3 cm³/mol. The molecule has 2 amide bonds. The fourth-order valence-corrected chi connectivity index (χ4v) is 2.93. The minimum atomic E-state index is -0.274. The van der Waals surface area contributed by atoms with Crippen LogP contribution in [0.25, 0.3) is 0 Å². The predicted octanol–water partition coefficient (Wildman–Crippen LogP) is 3.60. The Balaban J connectivity index is 1.70. The van der Waals surface area contributed by atoms with E-state index < -0.39 is 0 Å². The van der Waals surface area contributed by atoms with Crippen molar-refractivity contribution >= 4 is 40.7 Å². The summed E-state index contributed by atoms with van der Waals surface area (Å²) in [7, 11) is 0. The van der Waals surface area contributed by atoms with Crippen LogP contribution in [0.15, 0.2) is 42.5 Å². The van der Waals surface area contributed by atoms with Gasteiger partial charge >= 0.3 is 0 Å². The number of carbonyl (C=O) groups is 2. The molecule has 0 unspecified atom stereocenters. The number of carbonyl (C=O) groups excluding carboxylic acids is 2. The Hall–Kier alpha value is -2.24. The normalized spacial score (nSPS) is 14.5. The first-order chi connectivity index (χ1) is 12.0. The van der Waals surface area contributed by atoms with E-state index >= 15 is 0 Å². The third-order valence-corrected chi connectivity index (χ3v) is 4.67. The average Bonchev–Trinajstić information content (AvgIpc) is 2.59. The van der Waals surface area contributed by atoms with Crippen molar-refractivity contribution in [2.24, 2.45) is 0 Å². The minimum Gasteiger partial charge on any atom is -0.482 e. The first kappa shape index (κ1) is 17.6. The van der Waals surface area contributed by atoms with Crippen LogP contribution in [-0.2, 0) is 9.59 Å². The number of halogens is 2. The van der Waals surface area contributed by atoms with Crippen molar-refractivity contribution in [3.8, 4) is 5.75 Å². The van der Waals surface area contributed by atoms with Crippen LogP contribution in [0.4, 0.5) is 5.69 Å². The first-order valence-electron chi connectivity index (χ1n) is 7.72. The molecule has 1 N–H and O–H groups in total. The molecular weight excluding hydrogens is 363 g/mol. The molecule has 0 saturated carbocycles. The molecule has 0 saturated heterocycles. The summed E-state index contributed by atoms with van der Waals surface area (Å²) in [4.78, 5) is 25.9. The van der Waals surface area contributed by atoms with E-state index in [2.05, 4.69) is 5.32 Å². The number of fused-ring (bicyclic) bond motifs is 1. The SMILES string of the molecule is C[C@@H](NC(=O)CN1C(=O)COc2ccccc21)c1ccc(Cl)c(Cl)c1. The second-order valence-corrected chi connectivity index (χ2v) is 6.51. The number of nitrogens with zero attached hydrogens (tertiary/aromatic N) is 1. The zero-order chi connectivity index (χ0) is 18.0. The number of rotatable bonds is 4. The van der Waals surface area contributed by atoms with Crippen LogP contribution in [0.5, 0.6) is 5.75 Å². The van der Waals surface area contributed by atoms with Gasteiger partial charge in [-0.15, -0.1) is 0 Å². The number of hydrogen-bond donors (Lipinski definition) is 1. The molecule has 1 aliphatic rings. The number of benzene rings is 2. The van der Waals surface area contributed by atoms with Crippen molar-refractivity contribution in [2.45, 2.75) is 13.0 Å². The van der Waals surface area contributed by atoms with Gasteiger partial charge in [0, 0.05) is 0 Å². The zero-order valence-electron chi connectivity index (χ0n) is 13.5. The van der Waals surface area contributed by atoms with Gasteiger partial charge in [0.25, 0.3) is 5.91 Å². The lowest BCUT2D eigenvalue weighted by Gasteiger charge is -2.29. The van der Waals surface area contributed by atoms with Crippen LogP contribution in [0, 0.1) is 0 Å². The first-order valence-corrected chi connectivity index (χ1v) is 8.48. The highest BCUT2D eigenvalue weighted by atomic mass is 35.5. The summed E-state index contributed by atoms with van der Waals surface area (Å²) in [5.74, 6) is 0.0621. The number of nitrogens with one attached hydrogen (secondary N) is 1. The van der Waals surface area contributed by atoms with E-state index in [1.165, 1.54) is 4.90 Å². The minimum absolute atomic E-state index is 0.0767. The number of amides is 2. The van der Waals surface area contributed by atoms with Crippen LogP contribution in [0.1, 0.15) is 18.5 Å². The summed E-state index contributed by atoms with van der Waals surface area (Å²) in [6.45, 7) is 1.68. The maximum atomic E-state index is 12.4. The van der Waals surface area contributed by atoms with Gasteiger partial charge in [-0.3, -0.25) is 14.5 Å². The fourth-order valence-electron chi connectivity index (χ4n) is 2.62. The molecule has 0 aliphatic carbocycles. The Kier molecular flexibility index (Phi) is 5.16. The number of ether oxygens (including phenoxy) is 1. The Morgan fingerprint density at radius 1 is 1.24 bits per heavy atom. The molecule has 0 spiro atoms. The highest BCUT2D eigenvalue weighted by Gasteiger charge is 2.27. The summed E-state index contributed by atoms with van der Waals surface area (Å²) >= 11 is 11.9. The highest BCUT2D eigenvalue weighted by Crippen LogP contribution is 2.31. The van der Waals surface area contributed by atoms with Crippen LogP contribution >= 0.6 is 23.2 Å². The maximum absolute atomic E-state index is 12.4. The van der Waals surface area contributed by atoms with Crippen LogP contribution in [0.2, 0.25) is 10.0 Å². The van der Waals surface area contributed by atoms with E-state index in [1.807, 2.05) is 13.0 Å². The van der Waals surface area contributed by atoms with Crippen LogP contribution in [-0.4, -0.2) is 25.0 Å². The quantitative estimate of drug-likeness (QED) is 0.883. The lowest BCUT2D eigenvalue weighted by Crippen LogP contribution is -2.45. The largest absolute Gasteiger partial charge is 0.482 e. The van der Waals surface area contributed by atoms with Crippen molar-refractivity contribution < 1.29 is 14.3 Å². The average molecular weight is 379 g/mol. The van der Waals surface area contributed by atoms with Crippen molar-refractivity contribution in [2.75, 3.05) is 18.1 Å². The molecule has 0 fully saturated rings. The van der Waals surface area contributed by atoms with Gasteiger partial charge in [0.15, 0.2) is 6.61 Å². The van der Waals surface area contributed by atoms with Gasteiger partial charge in [-0.05, 0) is 36.8 Å². The molecule has 25 heavy (non-hydrogen) atoms. The van der Waals surface area contributed by atoms with Gasteiger partial charge in [-0.2, -0.15) is 0 Å². The van der Waals surface area contributed by atoms with Crippen molar-refractivity contribution in [3.05, 3.63) is 58.1 Å². The van der Waals surface area contributed by atoms with Gasteiger partial charge in [-0.25, -0.2) is 0 Å². The van der Waals surface area contributed by atoms with E-state index in [0.29, 0.717) is 21.5 Å². The monoisotopic (exact) mass is 378 g/mol. The van der Waals surface area contributed by atoms with Gasteiger partial charge in [0.05, 0.1) is 21.8 Å². The Labute approximate surface area is 155 Å². The van der Waals surface area contributed by atoms with Gasteiger partial charge < -0.3 is 10.1 Å². The second kappa shape index (κ2) is 7.33. The maximum Gasteiger partial charge on any atom is 0.265 e. The Bertz CT molecular complexity index is 826. The molecular formula is C18H16Cl2N2O3. The van der Waals surface area contributed by atoms with Crippen molar-refractivity contribution in [3.63, 3.8) is 0 Å². The molecule has 5 nitrogen and oxygen atoms in total. The summed E-state index contributed by atoms with van der Waals surface area (Å²) < 4.78 is 5.37. The lowest BCUT2D eigenvalue weighted by molar-refractivity contribution is -0.125. The fraction of sp³-hybridized carbons (Fsp3) is 0.222. The molecule has 2 aromatic rings. The van der Waals surface area contributed by atoms with Gasteiger partial charge in [-0.1, -0.05) is 41.4 Å². The number of para-hydroxylation sites is 2. The van der Waals surface area contributed by atoms with Crippen molar-refractivity contribution in [1.82, 2.24) is 5.32 Å².